The summed E-state index contributed by atoms with van der Waals surface area (Å²) in [6, 6.07) is 4.62. The predicted molar refractivity (Wildman–Crippen MR) is 98.4 cm³/mol. The van der Waals surface area contributed by atoms with Gasteiger partial charge in [-0.15, -0.1) is 0 Å². The third kappa shape index (κ3) is 5.25. The van der Waals surface area contributed by atoms with E-state index in [0.29, 0.717) is 4.68 Å². The normalized spacial score (nSPS) is 13.1. The molecule has 28 heavy (non-hydrogen) atoms. The minimum Gasteiger partial charge on any atom is -0.350 e. The lowest BCUT2D eigenvalue weighted by Gasteiger charge is -2.23. The molecule has 2 amide bonds. The van der Waals surface area contributed by atoms with Gasteiger partial charge in [-0.25, -0.2) is 4.68 Å². The average molecular weight is 417 g/mol. The van der Waals surface area contributed by atoms with Crippen molar-refractivity contribution < 1.29 is 22.8 Å². The van der Waals surface area contributed by atoms with Gasteiger partial charge in [0.25, 0.3) is 5.91 Å². The molecule has 0 spiro atoms. The summed E-state index contributed by atoms with van der Waals surface area (Å²) in [7, 11) is 0. The zero-order chi connectivity index (χ0) is 21.3. The standard InChI is InChI=1S/C18H20ClF3N4O2/c1-10(15(27)25-17(2,3)4)24-16(28)13-9-23-26(14(13)18(20,21)22)12-7-5-6-11(19)8-12/h5-10H,1-4H3,(H,24,28)(H,25,27). The molecular weight excluding hydrogens is 397 g/mol. The van der Waals surface area contributed by atoms with E-state index in [1.54, 1.807) is 20.8 Å². The molecule has 152 valence electrons. The van der Waals surface area contributed by atoms with Crippen molar-refractivity contribution in [1.29, 1.82) is 0 Å². The number of alkyl halides is 3. The van der Waals surface area contributed by atoms with Crippen molar-refractivity contribution in [1.82, 2.24) is 20.4 Å². The van der Waals surface area contributed by atoms with Gasteiger partial charge in [0.15, 0.2) is 5.69 Å². The van der Waals surface area contributed by atoms with Gasteiger partial charge in [-0.1, -0.05) is 17.7 Å². The van der Waals surface area contributed by atoms with E-state index in [1.807, 2.05) is 0 Å². The highest BCUT2D eigenvalue weighted by Crippen LogP contribution is 2.34. The maximum Gasteiger partial charge on any atom is 0.434 e. The highest BCUT2D eigenvalue weighted by atomic mass is 35.5. The molecule has 0 fully saturated rings. The molecule has 1 aromatic carbocycles. The van der Waals surface area contributed by atoms with Crippen LogP contribution in [0, 0.1) is 0 Å². The summed E-state index contributed by atoms with van der Waals surface area (Å²) in [6.07, 6.45) is -4.05. The number of amides is 2. The maximum absolute atomic E-state index is 13.7. The molecule has 0 aliphatic rings. The molecule has 6 nitrogen and oxygen atoms in total. The number of nitrogens with one attached hydrogen (secondary N) is 2. The zero-order valence-corrected chi connectivity index (χ0v) is 16.4. The molecule has 0 bridgehead atoms. The first-order valence-corrected chi connectivity index (χ1v) is 8.71. The number of carbonyl (C=O) groups is 2. The number of carbonyl (C=O) groups excluding carboxylic acids is 2. The van der Waals surface area contributed by atoms with Gasteiger partial charge in [-0.3, -0.25) is 9.59 Å². The number of aromatic nitrogens is 2. The molecule has 0 saturated heterocycles. The van der Waals surface area contributed by atoms with Crippen molar-refractivity contribution in [2.75, 3.05) is 0 Å². The van der Waals surface area contributed by atoms with Crippen LogP contribution in [0.4, 0.5) is 13.2 Å². The molecule has 1 heterocycles. The fourth-order valence-corrected chi connectivity index (χ4v) is 2.59. The number of halogens is 4. The predicted octanol–water partition coefficient (Wildman–Crippen LogP) is 3.58. The number of hydrogen-bond donors (Lipinski definition) is 2. The van der Waals surface area contributed by atoms with Gasteiger partial charge in [0.05, 0.1) is 17.4 Å². The summed E-state index contributed by atoms with van der Waals surface area (Å²) >= 11 is 5.84. The van der Waals surface area contributed by atoms with Gasteiger partial charge in [-0.05, 0) is 45.9 Å². The van der Waals surface area contributed by atoms with Crippen LogP contribution >= 0.6 is 11.6 Å². The monoisotopic (exact) mass is 416 g/mol. The summed E-state index contributed by atoms with van der Waals surface area (Å²) in [5.74, 6) is -1.58. The Morgan fingerprint density at radius 2 is 1.86 bits per heavy atom. The Bertz CT molecular complexity index is 888. The highest BCUT2D eigenvalue weighted by molar-refractivity contribution is 6.30. The largest absolute Gasteiger partial charge is 0.434 e. The second kappa shape index (κ2) is 7.83. The summed E-state index contributed by atoms with van der Waals surface area (Å²) in [6.45, 7) is 6.62. The molecule has 0 saturated carbocycles. The number of rotatable bonds is 4. The lowest BCUT2D eigenvalue weighted by atomic mass is 10.1. The summed E-state index contributed by atoms with van der Waals surface area (Å²) < 4.78 is 41.6. The first-order valence-electron chi connectivity index (χ1n) is 8.33. The van der Waals surface area contributed by atoms with Crippen LogP contribution in [-0.4, -0.2) is 33.2 Å². The van der Waals surface area contributed by atoms with Crippen LogP contribution < -0.4 is 10.6 Å². The topological polar surface area (TPSA) is 76.0 Å². The van der Waals surface area contributed by atoms with Gasteiger partial charge in [0.1, 0.15) is 6.04 Å². The van der Waals surface area contributed by atoms with E-state index in [4.69, 9.17) is 11.6 Å². The van der Waals surface area contributed by atoms with E-state index < -0.39 is 40.8 Å². The van der Waals surface area contributed by atoms with Crippen LogP contribution in [0.15, 0.2) is 30.5 Å². The van der Waals surface area contributed by atoms with E-state index in [1.165, 1.54) is 31.2 Å². The van der Waals surface area contributed by atoms with Gasteiger partial charge in [-0.2, -0.15) is 18.3 Å². The van der Waals surface area contributed by atoms with Crippen molar-refractivity contribution in [3.63, 3.8) is 0 Å². The minimum absolute atomic E-state index is 0.0531. The van der Waals surface area contributed by atoms with Crippen molar-refractivity contribution in [3.8, 4) is 5.69 Å². The molecule has 1 atom stereocenters. The molecule has 10 heteroatoms. The Kier molecular flexibility index (Phi) is 6.08. The highest BCUT2D eigenvalue weighted by Gasteiger charge is 2.41. The minimum atomic E-state index is -4.86. The Morgan fingerprint density at radius 1 is 1.21 bits per heavy atom. The Hall–Kier alpha value is -2.55. The molecule has 1 unspecified atom stereocenters. The van der Waals surface area contributed by atoms with Crippen LogP contribution in [-0.2, 0) is 11.0 Å². The van der Waals surface area contributed by atoms with Crippen LogP contribution in [0.5, 0.6) is 0 Å². The smallest absolute Gasteiger partial charge is 0.350 e. The summed E-state index contributed by atoms with van der Waals surface area (Å²) in [5, 5.41) is 8.85. The first-order chi connectivity index (χ1) is 12.8. The van der Waals surface area contributed by atoms with E-state index in [0.717, 1.165) is 6.20 Å². The van der Waals surface area contributed by atoms with E-state index >= 15 is 0 Å². The van der Waals surface area contributed by atoms with Crippen LogP contribution in [0.3, 0.4) is 0 Å². The lowest BCUT2D eigenvalue weighted by molar-refractivity contribution is -0.143. The number of hydrogen-bond acceptors (Lipinski definition) is 3. The second-order valence-corrected chi connectivity index (χ2v) is 7.67. The molecular formula is C18H20ClF3N4O2. The molecule has 2 aromatic rings. The number of nitrogens with zero attached hydrogens (tertiary/aromatic N) is 2. The van der Waals surface area contributed by atoms with E-state index in [2.05, 4.69) is 15.7 Å². The zero-order valence-electron chi connectivity index (χ0n) is 15.7. The third-order valence-corrected chi connectivity index (χ3v) is 3.81. The quantitative estimate of drug-likeness (QED) is 0.800. The first kappa shape index (κ1) is 21.7. The van der Waals surface area contributed by atoms with Gasteiger partial charge >= 0.3 is 6.18 Å². The second-order valence-electron chi connectivity index (χ2n) is 7.23. The van der Waals surface area contributed by atoms with Crippen molar-refractivity contribution in [2.45, 2.75) is 45.5 Å². The Labute approximate surface area is 165 Å². The molecule has 1 aromatic heterocycles. The van der Waals surface area contributed by atoms with Gasteiger partial charge in [0, 0.05) is 10.6 Å². The Balaban J connectivity index is 2.35. The lowest BCUT2D eigenvalue weighted by Crippen LogP contribution is -2.51. The van der Waals surface area contributed by atoms with Crippen molar-refractivity contribution >= 4 is 23.4 Å². The summed E-state index contributed by atoms with van der Waals surface area (Å²) in [5.41, 5.74) is -2.44. The van der Waals surface area contributed by atoms with Gasteiger partial charge < -0.3 is 10.6 Å². The molecule has 0 radical (unpaired) electrons. The summed E-state index contributed by atoms with van der Waals surface area (Å²) in [4.78, 5) is 24.5. The molecule has 0 aliphatic heterocycles. The SMILES string of the molecule is CC(NC(=O)c1cnn(-c2cccc(Cl)c2)c1C(F)(F)F)C(=O)NC(C)(C)C. The van der Waals surface area contributed by atoms with Crippen LogP contribution in [0.1, 0.15) is 43.7 Å². The average Bonchev–Trinajstić information content (AvgIpc) is 2.98. The third-order valence-electron chi connectivity index (χ3n) is 3.57. The van der Waals surface area contributed by atoms with Crippen molar-refractivity contribution in [3.05, 3.63) is 46.7 Å². The maximum atomic E-state index is 13.7. The number of benzene rings is 1. The van der Waals surface area contributed by atoms with Crippen molar-refractivity contribution in [2.24, 2.45) is 0 Å². The molecule has 2 N–H and O–H groups in total. The van der Waals surface area contributed by atoms with E-state index in [9.17, 15) is 22.8 Å². The molecule has 0 aliphatic carbocycles. The Morgan fingerprint density at radius 3 is 2.39 bits per heavy atom. The van der Waals surface area contributed by atoms with Gasteiger partial charge in [0.2, 0.25) is 5.91 Å². The van der Waals surface area contributed by atoms with Crippen LogP contribution in [0.25, 0.3) is 5.69 Å². The molecule has 2 rings (SSSR count). The fraction of sp³-hybridized carbons (Fsp3) is 0.389. The van der Waals surface area contributed by atoms with Crippen LogP contribution in [0.2, 0.25) is 5.02 Å². The fourth-order valence-electron chi connectivity index (χ4n) is 2.41. The van der Waals surface area contributed by atoms with E-state index in [-0.39, 0.29) is 10.7 Å².